The van der Waals surface area contributed by atoms with Crippen molar-refractivity contribution in [3.8, 4) is 0 Å². The summed E-state index contributed by atoms with van der Waals surface area (Å²) in [6, 6.07) is 4.13. The van der Waals surface area contributed by atoms with Crippen molar-refractivity contribution in [2.45, 2.75) is 38.5 Å². The van der Waals surface area contributed by atoms with Crippen LogP contribution in [0.5, 0.6) is 0 Å². The maximum absolute atomic E-state index is 11.9. The van der Waals surface area contributed by atoms with Gasteiger partial charge in [0.2, 0.25) is 5.91 Å². The topological polar surface area (TPSA) is 33.2 Å². The van der Waals surface area contributed by atoms with Crippen LogP contribution in [0.15, 0.2) is 18.3 Å². The van der Waals surface area contributed by atoms with Crippen molar-refractivity contribution in [2.75, 3.05) is 13.6 Å². The van der Waals surface area contributed by atoms with E-state index in [0.717, 1.165) is 30.6 Å². The molecule has 0 aliphatic carbocycles. The molecule has 1 aromatic rings. The van der Waals surface area contributed by atoms with E-state index >= 15 is 0 Å². The average molecular weight is 232 g/mol. The minimum absolute atomic E-state index is 0.0264. The van der Waals surface area contributed by atoms with Crippen LogP contribution in [0, 0.1) is 0 Å². The Kier molecular flexibility index (Phi) is 3.46. The molecule has 0 spiro atoms. The van der Waals surface area contributed by atoms with Gasteiger partial charge in [-0.3, -0.25) is 9.78 Å². The predicted octanol–water partition coefficient (Wildman–Crippen LogP) is 2.54. The molecule has 0 radical (unpaired) electrons. The van der Waals surface area contributed by atoms with Crippen LogP contribution in [0.4, 0.5) is 0 Å². The monoisotopic (exact) mass is 232 g/mol. The zero-order valence-electron chi connectivity index (χ0n) is 10.8. The van der Waals surface area contributed by atoms with Gasteiger partial charge in [-0.25, -0.2) is 0 Å². The summed E-state index contributed by atoms with van der Waals surface area (Å²) >= 11 is 0. The molecule has 0 aromatic carbocycles. The van der Waals surface area contributed by atoms with Gasteiger partial charge in [0.25, 0.3) is 0 Å². The average Bonchev–Trinajstić information content (AvgIpc) is 2.69. The third-order valence-corrected chi connectivity index (χ3v) is 3.76. The molecule has 0 bridgehead atoms. The molecule has 3 heteroatoms. The summed E-state index contributed by atoms with van der Waals surface area (Å²) in [6.07, 6.45) is 3.89. The Morgan fingerprint density at radius 2 is 2.29 bits per heavy atom. The lowest BCUT2D eigenvalue weighted by atomic mass is 9.97. The van der Waals surface area contributed by atoms with Crippen molar-refractivity contribution in [3.05, 3.63) is 29.6 Å². The zero-order chi connectivity index (χ0) is 12.4. The summed E-state index contributed by atoms with van der Waals surface area (Å²) in [5, 5.41) is 0. The van der Waals surface area contributed by atoms with Crippen molar-refractivity contribution in [3.63, 3.8) is 0 Å². The molecule has 1 amide bonds. The van der Waals surface area contributed by atoms with Gasteiger partial charge in [0, 0.05) is 25.5 Å². The van der Waals surface area contributed by atoms with E-state index in [1.54, 1.807) is 4.90 Å². The number of nitrogens with zero attached hydrogens (tertiary/aromatic N) is 2. The van der Waals surface area contributed by atoms with Crippen LogP contribution in [-0.2, 0) is 4.79 Å². The summed E-state index contributed by atoms with van der Waals surface area (Å²) in [4.78, 5) is 18.2. The molecule has 0 N–H and O–H groups in total. The number of carbonyl (C=O) groups is 1. The highest BCUT2D eigenvalue weighted by atomic mass is 16.2. The number of aromatic nitrogens is 1. The lowest BCUT2D eigenvalue weighted by Gasteiger charge is -2.12. The molecule has 92 valence electrons. The summed E-state index contributed by atoms with van der Waals surface area (Å²) in [5.74, 6) is 0.743. The van der Waals surface area contributed by atoms with Gasteiger partial charge in [-0.1, -0.05) is 19.9 Å². The Morgan fingerprint density at radius 3 is 2.76 bits per heavy atom. The van der Waals surface area contributed by atoms with Crippen molar-refractivity contribution in [1.82, 2.24) is 9.88 Å². The highest BCUT2D eigenvalue weighted by molar-refractivity contribution is 5.85. The Morgan fingerprint density at radius 1 is 1.53 bits per heavy atom. The number of pyridine rings is 1. The highest BCUT2D eigenvalue weighted by Gasteiger charge is 2.30. The maximum atomic E-state index is 11.9. The number of carbonyl (C=O) groups excluding carboxylic acids is 1. The SMILES string of the molecule is CCC(C)c1ccc(C2CCN(C)C2=O)cn1. The fourth-order valence-corrected chi connectivity index (χ4v) is 2.26. The second-order valence-electron chi connectivity index (χ2n) is 4.93. The van der Waals surface area contributed by atoms with Gasteiger partial charge in [0.1, 0.15) is 0 Å². The molecule has 2 rings (SSSR count). The second-order valence-corrected chi connectivity index (χ2v) is 4.93. The predicted molar refractivity (Wildman–Crippen MR) is 67.9 cm³/mol. The van der Waals surface area contributed by atoms with E-state index in [1.165, 1.54) is 0 Å². The Hall–Kier alpha value is -1.38. The molecule has 1 aliphatic heterocycles. The van der Waals surface area contributed by atoms with E-state index < -0.39 is 0 Å². The largest absolute Gasteiger partial charge is 0.345 e. The first-order valence-corrected chi connectivity index (χ1v) is 6.34. The fourth-order valence-electron chi connectivity index (χ4n) is 2.26. The standard InChI is InChI=1S/C14H20N2O/c1-4-10(2)13-6-5-11(9-15-13)12-7-8-16(3)14(12)17/h5-6,9-10,12H,4,7-8H2,1-3H3. The summed E-state index contributed by atoms with van der Waals surface area (Å²) in [6.45, 7) is 5.20. The van der Waals surface area contributed by atoms with Crippen LogP contribution >= 0.6 is 0 Å². The van der Waals surface area contributed by atoms with E-state index in [1.807, 2.05) is 13.2 Å². The Labute approximate surface area is 103 Å². The van der Waals surface area contributed by atoms with Gasteiger partial charge < -0.3 is 4.90 Å². The molecule has 1 fully saturated rings. The molecule has 1 aromatic heterocycles. The molecular weight excluding hydrogens is 212 g/mol. The lowest BCUT2D eigenvalue weighted by molar-refractivity contribution is -0.127. The van der Waals surface area contributed by atoms with Crippen LogP contribution in [0.1, 0.15) is 49.8 Å². The number of likely N-dealkylation sites (tertiary alicyclic amines) is 1. The second kappa shape index (κ2) is 4.86. The number of rotatable bonds is 3. The zero-order valence-corrected chi connectivity index (χ0v) is 10.8. The molecule has 17 heavy (non-hydrogen) atoms. The van der Waals surface area contributed by atoms with Crippen LogP contribution in [0.2, 0.25) is 0 Å². The molecule has 2 heterocycles. The minimum Gasteiger partial charge on any atom is -0.345 e. The Bertz CT molecular complexity index is 399. The van der Waals surface area contributed by atoms with Crippen molar-refractivity contribution in [1.29, 1.82) is 0 Å². The van der Waals surface area contributed by atoms with Gasteiger partial charge in [-0.2, -0.15) is 0 Å². The summed E-state index contributed by atoms with van der Waals surface area (Å²) < 4.78 is 0. The van der Waals surface area contributed by atoms with Gasteiger partial charge in [-0.05, 0) is 30.4 Å². The quantitative estimate of drug-likeness (QED) is 0.802. The Balaban J connectivity index is 2.16. The van der Waals surface area contributed by atoms with E-state index in [-0.39, 0.29) is 11.8 Å². The van der Waals surface area contributed by atoms with Crippen molar-refractivity contribution >= 4 is 5.91 Å². The van der Waals surface area contributed by atoms with Crippen LogP contribution in [0.25, 0.3) is 0 Å². The highest BCUT2D eigenvalue weighted by Crippen LogP contribution is 2.28. The lowest BCUT2D eigenvalue weighted by Crippen LogP contribution is -2.21. The molecule has 1 saturated heterocycles. The number of amides is 1. The molecule has 0 saturated carbocycles. The molecule has 1 aliphatic rings. The first-order chi connectivity index (χ1) is 8.13. The van der Waals surface area contributed by atoms with E-state index in [9.17, 15) is 4.79 Å². The molecule has 2 atom stereocenters. The third-order valence-electron chi connectivity index (χ3n) is 3.76. The first-order valence-electron chi connectivity index (χ1n) is 6.34. The van der Waals surface area contributed by atoms with Crippen molar-refractivity contribution < 1.29 is 4.79 Å². The first kappa shape index (κ1) is 12.1. The van der Waals surface area contributed by atoms with E-state index in [4.69, 9.17) is 0 Å². The maximum Gasteiger partial charge on any atom is 0.229 e. The van der Waals surface area contributed by atoms with Gasteiger partial charge in [-0.15, -0.1) is 0 Å². The van der Waals surface area contributed by atoms with E-state index in [2.05, 4.69) is 31.0 Å². The molecular formula is C14H20N2O. The third kappa shape index (κ3) is 2.33. The summed E-state index contributed by atoms with van der Waals surface area (Å²) in [5.41, 5.74) is 2.18. The van der Waals surface area contributed by atoms with Gasteiger partial charge in [0.05, 0.1) is 5.92 Å². The van der Waals surface area contributed by atoms with Crippen LogP contribution in [-0.4, -0.2) is 29.4 Å². The normalized spacial score (nSPS) is 21.9. The van der Waals surface area contributed by atoms with Crippen LogP contribution < -0.4 is 0 Å². The number of likely N-dealkylation sites (N-methyl/N-ethyl adjacent to an activating group) is 1. The molecule has 3 nitrogen and oxygen atoms in total. The van der Waals surface area contributed by atoms with Crippen LogP contribution in [0.3, 0.4) is 0 Å². The van der Waals surface area contributed by atoms with Crippen molar-refractivity contribution in [2.24, 2.45) is 0 Å². The minimum atomic E-state index is 0.0264. The van der Waals surface area contributed by atoms with Gasteiger partial charge >= 0.3 is 0 Å². The van der Waals surface area contributed by atoms with Gasteiger partial charge in [0.15, 0.2) is 0 Å². The number of hydrogen-bond acceptors (Lipinski definition) is 2. The number of hydrogen-bond donors (Lipinski definition) is 0. The molecule has 2 unspecified atom stereocenters. The smallest absolute Gasteiger partial charge is 0.229 e. The summed E-state index contributed by atoms with van der Waals surface area (Å²) in [7, 11) is 1.86. The fraction of sp³-hybridized carbons (Fsp3) is 0.571. The van der Waals surface area contributed by atoms with E-state index in [0.29, 0.717) is 5.92 Å².